The van der Waals surface area contributed by atoms with E-state index in [0.717, 1.165) is 19.6 Å². The molecule has 1 fully saturated rings. The Bertz CT molecular complexity index is 715. The standard InChI is InChI=1S/C18H23ClN4O/c1-14-5-3-4-6-17(14)21-9-10-23(15(2)12-21)18(24)7-8-22-13-16(19)11-20-22/h3-6,11,13,15H,7-10,12H2,1-2H3/t15-/m1/s1. The number of aryl methyl sites for hydroxylation is 2. The van der Waals surface area contributed by atoms with Crippen LogP contribution in [-0.2, 0) is 11.3 Å². The van der Waals surface area contributed by atoms with E-state index in [9.17, 15) is 4.79 Å². The molecule has 0 spiro atoms. The summed E-state index contributed by atoms with van der Waals surface area (Å²) < 4.78 is 1.72. The molecule has 1 atom stereocenters. The SMILES string of the molecule is Cc1ccccc1N1CCN(C(=O)CCn2cc(Cl)cn2)[C@H](C)C1. The number of piperazine rings is 1. The Balaban J connectivity index is 1.57. The molecule has 0 aliphatic carbocycles. The molecule has 0 N–H and O–H groups in total. The molecule has 1 aromatic carbocycles. The van der Waals surface area contributed by atoms with Crippen LogP contribution in [0.4, 0.5) is 5.69 Å². The number of rotatable bonds is 4. The van der Waals surface area contributed by atoms with Crippen molar-refractivity contribution in [3.8, 4) is 0 Å². The minimum absolute atomic E-state index is 0.179. The summed E-state index contributed by atoms with van der Waals surface area (Å²) in [5.74, 6) is 0.179. The summed E-state index contributed by atoms with van der Waals surface area (Å²) in [6.45, 7) is 7.31. The van der Waals surface area contributed by atoms with Gasteiger partial charge in [0.2, 0.25) is 5.91 Å². The molecule has 0 bridgehead atoms. The number of carbonyl (C=O) groups excluding carboxylic acids is 1. The predicted octanol–water partition coefficient (Wildman–Crippen LogP) is 2.97. The Morgan fingerprint density at radius 3 is 2.79 bits per heavy atom. The van der Waals surface area contributed by atoms with Crippen molar-refractivity contribution >= 4 is 23.2 Å². The first-order chi connectivity index (χ1) is 11.5. The van der Waals surface area contributed by atoms with Gasteiger partial charge < -0.3 is 9.80 Å². The topological polar surface area (TPSA) is 41.4 Å². The first kappa shape index (κ1) is 16.8. The summed E-state index contributed by atoms with van der Waals surface area (Å²) in [4.78, 5) is 16.9. The molecule has 6 heteroatoms. The van der Waals surface area contributed by atoms with E-state index in [1.165, 1.54) is 11.3 Å². The highest BCUT2D eigenvalue weighted by molar-refractivity contribution is 6.30. The molecule has 3 rings (SSSR count). The number of amides is 1. The number of aromatic nitrogens is 2. The Morgan fingerprint density at radius 1 is 1.33 bits per heavy atom. The highest BCUT2D eigenvalue weighted by Crippen LogP contribution is 2.23. The molecule has 1 aromatic heterocycles. The summed E-state index contributed by atoms with van der Waals surface area (Å²) in [5.41, 5.74) is 2.54. The lowest BCUT2D eigenvalue weighted by molar-refractivity contribution is -0.133. The molecule has 0 unspecified atom stereocenters. The van der Waals surface area contributed by atoms with E-state index in [1.54, 1.807) is 17.1 Å². The van der Waals surface area contributed by atoms with E-state index >= 15 is 0 Å². The molecule has 1 aliphatic heterocycles. The Morgan fingerprint density at radius 2 is 2.12 bits per heavy atom. The third kappa shape index (κ3) is 3.73. The van der Waals surface area contributed by atoms with Gasteiger partial charge in [0.1, 0.15) is 0 Å². The van der Waals surface area contributed by atoms with Gasteiger partial charge in [-0.1, -0.05) is 29.8 Å². The lowest BCUT2D eigenvalue weighted by Crippen LogP contribution is -2.54. The molecule has 1 aliphatic rings. The van der Waals surface area contributed by atoms with E-state index in [0.29, 0.717) is 18.0 Å². The molecular formula is C18H23ClN4O. The van der Waals surface area contributed by atoms with Gasteiger partial charge in [0.05, 0.1) is 11.2 Å². The van der Waals surface area contributed by atoms with Crippen molar-refractivity contribution in [2.45, 2.75) is 32.9 Å². The van der Waals surface area contributed by atoms with Crippen LogP contribution in [0.25, 0.3) is 0 Å². The Labute approximate surface area is 147 Å². The summed E-state index contributed by atoms with van der Waals surface area (Å²) in [5, 5.41) is 4.72. The minimum atomic E-state index is 0.179. The van der Waals surface area contributed by atoms with Crippen molar-refractivity contribution in [3.05, 3.63) is 47.2 Å². The summed E-state index contributed by atoms with van der Waals surface area (Å²) in [6.07, 6.45) is 3.79. The van der Waals surface area contributed by atoms with Gasteiger partial charge in [0.25, 0.3) is 0 Å². The number of hydrogen-bond donors (Lipinski definition) is 0. The molecule has 128 valence electrons. The number of nitrogens with zero attached hydrogens (tertiary/aromatic N) is 4. The fourth-order valence-electron chi connectivity index (χ4n) is 3.28. The highest BCUT2D eigenvalue weighted by atomic mass is 35.5. The van der Waals surface area contributed by atoms with Gasteiger partial charge in [-0.25, -0.2) is 0 Å². The van der Waals surface area contributed by atoms with Crippen LogP contribution in [0.1, 0.15) is 18.9 Å². The van der Waals surface area contributed by atoms with Gasteiger partial charge in [-0.05, 0) is 25.5 Å². The predicted molar refractivity (Wildman–Crippen MR) is 96.4 cm³/mol. The van der Waals surface area contributed by atoms with Crippen LogP contribution in [0.3, 0.4) is 0 Å². The third-order valence-electron chi connectivity index (χ3n) is 4.56. The van der Waals surface area contributed by atoms with E-state index < -0.39 is 0 Å². The normalized spacial score (nSPS) is 18.0. The Kier molecular flexibility index (Phi) is 5.09. The van der Waals surface area contributed by atoms with Crippen molar-refractivity contribution in [2.24, 2.45) is 0 Å². The van der Waals surface area contributed by atoms with Gasteiger partial charge in [-0.15, -0.1) is 0 Å². The van der Waals surface area contributed by atoms with Crippen LogP contribution in [-0.4, -0.2) is 46.3 Å². The largest absolute Gasteiger partial charge is 0.367 e. The number of benzene rings is 1. The van der Waals surface area contributed by atoms with Crippen molar-refractivity contribution < 1.29 is 4.79 Å². The smallest absolute Gasteiger partial charge is 0.224 e. The molecule has 5 nitrogen and oxygen atoms in total. The number of para-hydroxylation sites is 1. The van der Waals surface area contributed by atoms with Gasteiger partial charge >= 0.3 is 0 Å². The van der Waals surface area contributed by atoms with Gasteiger partial charge in [-0.2, -0.15) is 5.10 Å². The lowest BCUT2D eigenvalue weighted by atomic mass is 10.1. The molecule has 24 heavy (non-hydrogen) atoms. The summed E-state index contributed by atoms with van der Waals surface area (Å²) in [7, 11) is 0. The molecule has 0 saturated carbocycles. The highest BCUT2D eigenvalue weighted by Gasteiger charge is 2.27. The van der Waals surface area contributed by atoms with E-state index in [-0.39, 0.29) is 11.9 Å². The van der Waals surface area contributed by atoms with E-state index in [4.69, 9.17) is 11.6 Å². The molecule has 2 heterocycles. The summed E-state index contributed by atoms with van der Waals surface area (Å²) in [6, 6.07) is 8.61. The van der Waals surface area contributed by atoms with E-state index in [1.807, 2.05) is 4.90 Å². The first-order valence-electron chi connectivity index (χ1n) is 8.32. The molecule has 0 radical (unpaired) electrons. The fraction of sp³-hybridized carbons (Fsp3) is 0.444. The number of hydrogen-bond acceptors (Lipinski definition) is 3. The number of anilines is 1. The lowest BCUT2D eigenvalue weighted by Gasteiger charge is -2.41. The average Bonchev–Trinajstić information content (AvgIpc) is 2.98. The van der Waals surface area contributed by atoms with Gasteiger partial charge in [0, 0.05) is 50.5 Å². The second-order valence-electron chi connectivity index (χ2n) is 6.34. The minimum Gasteiger partial charge on any atom is -0.367 e. The first-order valence-corrected chi connectivity index (χ1v) is 8.70. The number of halogens is 1. The van der Waals surface area contributed by atoms with Crippen molar-refractivity contribution in [1.82, 2.24) is 14.7 Å². The van der Waals surface area contributed by atoms with Crippen molar-refractivity contribution in [3.63, 3.8) is 0 Å². The second-order valence-corrected chi connectivity index (χ2v) is 6.78. The molecular weight excluding hydrogens is 324 g/mol. The van der Waals surface area contributed by atoms with Crippen LogP contribution < -0.4 is 4.90 Å². The van der Waals surface area contributed by atoms with Crippen LogP contribution in [0.5, 0.6) is 0 Å². The van der Waals surface area contributed by atoms with Crippen LogP contribution >= 0.6 is 11.6 Å². The monoisotopic (exact) mass is 346 g/mol. The van der Waals surface area contributed by atoms with Gasteiger partial charge in [0.15, 0.2) is 0 Å². The number of carbonyl (C=O) groups is 1. The maximum atomic E-state index is 12.5. The molecule has 1 saturated heterocycles. The zero-order valence-electron chi connectivity index (χ0n) is 14.2. The fourth-order valence-corrected chi connectivity index (χ4v) is 3.44. The zero-order chi connectivity index (χ0) is 17.1. The van der Waals surface area contributed by atoms with Crippen LogP contribution in [0.15, 0.2) is 36.7 Å². The van der Waals surface area contributed by atoms with Crippen molar-refractivity contribution in [1.29, 1.82) is 0 Å². The molecule has 2 aromatic rings. The maximum Gasteiger partial charge on any atom is 0.224 e. The van der Waals surface area contributed by atoms with E-state index in [2.05, 4.69) is 48.1 Å². The quantitative estimate of drug-likeness (QED) is 0.854. The zero-order valence-corrected chi connectivity index (χ0v) is 14.9. The average molecular weight is 347 g/mol. The van der Waals surface area contributed by atoms with Crippen molar-refractivity contribution in [2.75, 3.05) is 24.5 Å². The van der Waals surface area contributed by atoms with Gasteiger partial charge in [-0.3, -0.25) is 9.48 Å². The van der Waals surface area contributed by atoms with Crippen LogP contribution in [0, 0.1) is 6.92 Å². The van der Waals surface area contributed by atoms with Crippen LogP contribution in [0.2, 0.25) is 5.02 Å². The maximum absolute atomic E-state index is 12.5. The molecule has 1 amide bonds. The summed E-state index contributed by atoms with van der Waals surface area (Å²) >= 11 is 5.85. The Hall–Kier alpha value is -2.01. The third-order valence-corrected chi connectivity index (χ3v) is 4.76. The second kappa shape index (κ2) is 7.26.